The molecule has 0 spiro atoms. The number of nitrogens with zero attached hydrogens (tertiary/aromatic N) is 3. The third-order valence-corrected chi connectivity index (χ3v) is 5.09. The molecule has 0 saturated carbocycles. The zero-order chi connectivity index (χ0) is 19.2. The maximum Gasteiger partial charge on any atom is 0.264 e. The molecule has 1 aromatic carbocycles. The summed E-state index contributed by atoms with van der Waals surface area (Å²) < 4.78 is 11.2. The average Bonchev–Trinajstić information content (AvgIpc) is 3.36. The third kappa shape index (κ3) is 4.87. The molecule has 6 nitrogen and oxygen atoms in total. The van der Waals surface area contributed by atoms with E-state index in [2.05, 4.69) is 10.1 Å². The Balaban J connectivity index is 1.67. The zero-order valence-corrected chi connectivity index (χ0v) is 16.7. The van der Waals surface area contributed by atoms with E-state index in [4.69, 9.17) is 20.9 Å². The van der Waals surface area contributed by atoms with Gasteiger partial charge in [0.25, 0.3) is 5.91 Å². The quantitative estimate of drug-likeness (QED) is 0.545. The van der Waals surface area contributed by atoms with E-state index in [0.29, 0.717) is 35.5 Å². The Morgan fingerprint density at radius 3 is 2.70 bits per heavy atom. The van der Waals surface area contributed by atoms with Crippen LogP contribution in [-0.2, 0) is 11.3 Å². The highest BCUT2D eigenvalue weighted by atomic mass is 35.5. The molecule has 142 valence electrons. The van der Waals surface area contributed by atoms with Gasteiger partial charge in [0.2, 0.25) is 11.7 Å². The summed E-state index contributed by atoms with van der Waals surface area (Å²) in [4.78, 5) is 19.9. The van der Waals surface area contributed by atoms with Gasteiger partial charge in [0, 0.05) is 11.6 Å². The maximum absolute atomic E-state index is 12.9. The van der Waals surface area contributed by atoms with Gasteiger partial charge >= 0.3 is 0 Å². The van der Waals surface area contributed by atoms with Crippen LogP contribution in [0, 0.1) is 0 Å². The molecule has 0 aliphatic carbocycles. The normalized spacial score (nSPS) is 12.0. The Labute approximate surface area is 166 Å². The van der Waals surface area contributed by atoms with Gasteiger partial charge in [0.05, 0.1) is 4.88 Å². The fourth-order valence-corrected chi connectivity index (χ4v) is 3.30. The standard InChI is InChI=1S/C19H20ClN3O3S/c1-3-15(25-14-9-7-13(20)8-10-14)19(24)23(4-2)12-17-21-18(22-26-17)16-6-5-11-27-16/h5-11,15H,3-4,12H2,1-2H3. The smallest absolute Gasteiger partial charge is 0.264 e. The molecule has 0 radical (unpaired) electrons. The number of ether oxygens (including phenoxy) is 1. The highest BCUT2D eigenvalue weighted by Gasteiger charge is 2.25. The second-order valence-electron chi connectivity index (χ2n) is 5.81. The molecule has 3 aromatic rings. The minimum atomic E-state index is -0.592. The van der Waals surface area contributed by atoms with E-state index in [1.807, 2.05) is 31.4 Å². The lowest BCUT2D eigenvalue weighted by Gasteiger charge is -2.25. The number of aromatic nitrogens is 2. The predicted octanol–water partition coefficient (Wildman–Crippen LogP) is 4.66. The van der Waals surface area contributed by atoms with Crippen molar-refractivity contribution in [1.29, 1.82) is 0 Å². The second-order valence-corrected chi connectivity index (χ2v) is 7.19. The Kier molecular flexibility index (Phi) is 6.47. The Morgan fingerprint density at radius 1 is 1.30 bits per heavy atom. The van der Waals surface area contributed by atoms with E-state index in [0.717, 1.165) is 4.88 Å². The van der Waals surface area contributed by atoms with Crippen molar-refractivity contribution in [2.75, 3.05) is 6.54 Å². The van der Waals surface area contributed by atoms with Crippen LogP contribution in [0.3, 0.4) is 0 Å². The number of halogens is 1. The van der Waals surface area contributed by atoms with E-state index < -0.39 is 6.10 Å². The van der Waals surface area contributed by atoms with Gasteiger partial charge in [-0.1, -0.05) is 29.7 Å². The number of likely N-dealkylation sites (N-methyl/N-ethyl adjacent to an activating group) is 1. The molecule has 0 N–H and O–H groups in total. The van der Waals surface area contributed by atoms with Gasteiger partial charge in [-0.3, -0.25) is 4.79 Å². The summed E-state index contributed by atoms with van der Waals surface area (Å²) in [6, 6.07) is 10.8. The van der Waals surface area contributed by atoms with Crippen molar-refractivity contribution in [2.45, 2.75) is 32.9 Å². The fraction of sp³-hybridized carbons (Fsp3) is 0.316. The minimum absolute atomic E-state index is 0.120. The summed E-state index contributed by atoms with van der Waals surface area (Å²) in [5.74, 6) is 1.42. The highest BCUT2D eigenvalue weighted by Crippen LogP contribution is 2.22. The number of hydrogen-bond donors (Lipinski definition) is 0. The molecule has 3 rings (SSSR count). The monoisotopic (exact) mass is 405 g/mol. The van der Waals surface area contributed by atoms with Crippen molar-refractivity contribution in [1.82, 2.24) is 15.0 Å². The van der Waals surface area contributed by atoms with E-state index in [1.165, 1.54) is 11.3 Å². The molecular weight excluding hydrogens is 386 g/mol. The summed E-state index contributed by atoms with van der Waals surface area (Å²) in [5, 5.41) is 6.56. The number of thiophene rings is 1. The molecule has 0 bridgehead atoms. The van der Waals surface area contributed by atoms with Gasteiger partial charge < -0.3 is 14.2 Å². The number of hydrogen-bond acceptors (Lipinski definition) is 6. The molecule has 1 unspecified atom stereocenters. The Hall–Kier alpha value is -2.38. The van der Waals surface area contributed by atoms with Gasteiger partial charge in [0.15, 0.2) is 6.10 Å². The van der Waals surface area contributed by atoms with E-state index in [1.54, 1.807) is 29.2 Å². The first-order valence-electron chi connectivity index (χ1n) is 8.68. The summed E-state index contributed by atoms with van der Waals surface area (Å²) in [7, 11) is 0. The number of amides is 1. The Bertz CT molecular complexity index is 865. The first-order chi connectivity index (χ1) is 13.1. The number of benzene rings is 1. The number of rotatable bonds is 8. The van der Waals surface area contributed by atoms with Gasteiger partial charge in [-0.2, -0.15) is 4.98 Å². The van der Waals surface area contributed by atoms with Crippen molar-refractivity contribution in [2.24, 2.45) is 0 Å². The molecule has 1 atom stereocenters. The van der Waals surface area contributed by atoms with Gasteiger partial charge in [-0.05, 0) is 49.1 Å². The molecule has 0 fully saturated rings. The van der Waals surface area contributed by atoms with Crippen LogP contribution >= 0.6 is 22.9 Å². The van der Waals surface area contributed by atoms with Gasteiger partial charge in [-0.25, -0.2) is 0 Å². The van der Waals surface area contributed by atoms with Crippen LogP contribution in [0.1, 0.15) is 26.2 Å². The number of carbonyl (C=O) groups is 1. The predicted molar refractivity (Wildman–Crippen MR) is 105 cm³/mol. The van der Waals surface area contributed by atoms with Crippen LogP contribution in [0.15, 0.2) is 46.3 Å². The summed E-state index contributed by atoms with van der Waals surface area (Å²) in [6.07, 6.45) is -0.0480. The van der Waals surface area contributed by atoms with E-state index in [-0.39, 0.29) is 12.5 Å². The van der Waals surface area contributed by atoms with Crippen LogP contribution in [-0.4, -0.2) is 33.6 Å². The van der Waals surface area contributed by atoms with Crippen LogP contribution < -0.4 is 4.74 Å². The third-order valence-electron chi connectivity index (χ3n) is 3.97. The molecule has 27 heavy (non-hydrogen) atoms. The van der Waals surface area contributed by atoms with Crippen molar-refractivity contribution in [3.05, 3.63) is 52.7 Å². The van der Waals surface area contributed by atoms with Crippen LogP contribution in [0.5, 0.6) is 5.75 Å². The molecule has 1 amide bonds. The van der Waals surface area contributed by atoms with Crippen molar-refractivity contribution >= 4 is 28.8 Å². The van der Waals surface area contributed by atoms with Crippen LogP contribution in [0.4, 0.5) is 0 Å². The zero-order valence-electron chi connectivity index (χ0n) is 15.1. The molecule has 8 heteroatoms. The van der Waals surface area contributed by atoms with Gasteiger partial charge in [-0.15, -0.1) is 11.3 Å². The highest BCUT2D eigenvalue weighted by molar-refractivity contribution is 7.13. The lowest BCUT2D eigenvalue weighted by atomic mass is 10.2. The van der Waals surface area contributed by atoms with Gasteiger partial charge in [0.1, 0.15) is 12.3 Å². The van der Waals surface area contributed by atoms with Crippen molar-refractivity contribution < 1.29 is 14.1 Å². The lowest BCUT2D eigenvalue weighted by Crippen LogP contribution is -2.41. The van der Waals surface area contributed by atoms with E-state index in [9.17, 15) is 4.79 Å². The topological polar surface area (TPSA) is 68.5 Å². The maximum atomic E-state index is 12.9. The van der Waals surface area contributed by atoms with Crippen molar-refractivity contribution in [3.63, 3.8) is 0 Å². The molecule has 0 aliphatic rings. The fourth-order valence-electron chi connectivity index (χ4n) is 2.52. The summed E-state index contributed by atoms with van der Waals surface area (Å²) in [6.45, 7) is 4.57. The molecule has 0 saturated heterocycles. The largest absolute Gasteiger partial charge is 0.481 e. The first kappa shape index (κ1) is 19.4. The second kappa shape index (κ2) is 9.01. The lowest BCUT2D eigenvalue weighted by molar-refractivity contribution is -0.139. The SMILES string of the molecule is CCC(Oc1ccc(Cl)cc1)C(=O)N(CC)Cc1nc(-c2cccs2)no1. The minimum Gasteiger partial charge on any atom is -0.481 e. The van der Waals surface area contributed by atoms with E-state index >= 15 is 0 Å². The van der Waals surface area contributed by atoms with Crippen molar-refractivity contribution in [3.8, 4) is 16.5 Å². The molecule has 2 aromatic heterocycles. The van der Waals surface area contributed by atoms with Crippen LogP contribution in [0.25, 0.3) is 10.7 Å². The van der Waals surface area contributed by atoms with Crippen LogP contribution in [0.2, 0.25) is 5.02 Å². The molecular formula is C19H20ClN3O3S. The first-order valence-corrected chi connectivity index (χ1v) is 9.94. The molecule has 0 aliphatic heterocycles. The number of carbonyl (C=O) groups excluding carboxylic acids is 1. The summed E-state index contributed by atoms with van der Waals surface area (Å²) in [5.41, 5.74) is 0. The summed E-state index contributed by atoms with van der Waals surface area (Å²) >= 11 is 7.43. The Morgan fingerprint density at radius 2 is 2.07 bits per heavy atom. The average molecular weight is 406 g/mol. The molecule has 2 heterocycles.